The fraction of sp³-hybridized carbons (Fsp3) is 0.682. The molecule has 0 unspecified atom stereocenters. The molecule has 1 aliphatic carbocycles. The van der Waals surface area contributed by atoms with Gasteiger partial charge in [0.2, 0.25) is 5.75 Å². The zero-order chi connectivity index (χ0) is 20.2. The van der Waals surface area contributed by atoms with E-state index in [4.69, 9.17) is 14.2 Å². The summed E-state index contributed by atoms with van der Waals surface area (Å²) in [5.41, 5.74) is 0.611. The van der Waals surface area contributed by atoms with Gasteiger partial charge in [-0.2, -0.15) is 0 Å². The zero-order valence-electron chi connectivity index (χ0n) is 17.6. The van der Waals surface area contributed by atoms with Gasteiger partial charge in [-0.25, -0.2) is 4.79 Å². The fourth-order valence-electron chi connectivity index (χ4n) is 3.81. The zero-order valence-corrected chi connectivity index (χ0v) is 17.6. The number of nitrogens with one attached hydrogen (secondary N) is 2. The summed E-state index contributed by atoms with van der Waals surface area (Å²) in [4.78, 5) is 12.6. The Morgan fingerprint density at radius 3 is 1.68 bits per heavy atom. The summed E-state index contributed by atoms with van der Waals surface area (Å²) in [6.45, 7) is 0. The molecule has 0 heterocycles. The largest absolute Gasteiger partial charge is 0.493 e. The third-order valence-corrected chi connectivity index (χ3v) is 5.36. The molecule has 2 N–H and O–H groups in total. The first kappa shape index (κ1) is 22.2. The number of rotatable bonds is 5. The molecule has 2 amide bonds. The van der Waals surface area contributed by atoms with Crippen LogP contribution in [0.25, 0.3) is 0 Å². The van der Waals surface area contributed by atoms with Crippen LogP contribution in [0.3, 0.4) is 0 Å². The first-order valence-corrected chi connectivity index (χ1v) is 10.6. The molecule has 0 spiro atoms. The highest BCUT2D eigenvalue weighted by Gasteiger charge is 2.16. The van der Waals surface area contributed by atoms with Crippen molar-refractivity contribution in [2.24, 2.45) is 0 Å². The summed E-state index contributed by atoms with van der Waals surface area (Å²) in [5.74, 6) is 1.54. The van der Waals surface area contributed by atoms with Gasteiger partial charge in [-0.3, -0.25) is 0 Å². The second-order valence-electron chi connectivity index (χ2n) is 7.47. The second-order valence-corrected chi connectivity index (χ2v) is 7.47. The number of carbonyl (C=O) groups is 1. The minimum Gasteiger partial charge on any atom is -0.493 e. The van der Waals surface area contributed by atoms with Gasteiger partial charge in [0, 0.05) is 18.2 Å². The Bertz CT molecular complexity index is 569. The third-order valence-electron chi connectivity index (χ3n) is 5.36. The lowest BCUT2D eigenvalue weighted by molar-refractivity contribution is 0.246. The summed E-state index contributed by atoms with van der Waals surface area (Å²) in [5, 5.41) is 6.07. The van der Waals surface area contributed by atoms with Crippen molar-refractivity contribution in [1.82, 2.24) is 5.32 Å². The summed E-state index contributed by atoms with van der Waals surface area (Å²) in [6.07, 6.45) is 13.6. The molecule has 6 heteroatoms. The quantitative estimate of drug-likeness (QED) is 0.693. The molecule has 158 valence electrons. The molecular weight excluding hydrogens is 356 g/mol. The molecule has 28 heavy (non-hydrogen) atoms. The summed E-state index contributed by atoms with van der Waals surface area (Å²) >= 11 is 0. The molecule has 1 aromatic carbocycles. The van der Waals surface area contributed by atoms with Gasteiger partial charge in [0.15, 0.2) is 11.5 Å². The van der Waals surface area contributed by atoms with Crippen LogP contribution in [0.15, 0.2) is 12.1 Å². The Kier molecular flexibility index (Phi) is 9.80. The maximum atomic E-state index is 12.6. The number of amides is 2. The SMILES string of the molecule is COc1cc(NC(=O)NC2CCCCCCCCCCC2)cc(OC)c1OC. The lowest BCUT2D eigenvalue weighted by Crippen LogP contribution is -2.38. The first-order chi connectivity index (χ1) is 13.7. The summed E-state index contributed by atoms with van der Waals surface area (Å²) in [7, 11) is 4.68. The Hall–Kier alpha value is -2.11. The molecule has 2 rings (SSSR count). The number of carbonyl (C=O) groups excluding carboxylic acids is 1. The minimum atomic E-state index is -0.189. The smallest absolute Gasteiger partial charge is 0.319 e. The van der Waals surface area contributed by atoms with Crippen molar-refractivity contribution in [2.75, 3.05) is 26.6 Å². The molecule has 0 bridgehead atoms. The van der Waals surface area contributed by atoms with Gasteiger partial charge in [-0.15, -0.1) is 0 Å². The standard InChI is InChI=1S/C22H36N2O4/c1-26-19-15-18(16-20(27-2)21(19)28-3)24-22(25)23-17-13-11-9-7-5-4-6-8-10-12-14-17/h15-17H,4-14H2,1-3H3,(H2,23,24,25). The van der Waals surface area contributed by atoms with Gasteiger partial charge >= 0.3 is 6.03 Å². The molecule has 1 saturated carbocycles. The molecular formula is C22H36N2O4. The number of methoxy groups -OCH3 is 3. The van der Waals surface area contributed by atoms with Crippen molar-refractivity contribution < 1.29 is 19.0 Å². The third kappa shape index (κ3) is 7.13. The predicted molar refractivity (Wildman–Crippen MR) is 113 cm³/mol. The van der Waals surface area contributed by atoms with Crippen LogP contribution in [0.1, 0.15) is 70.6 Å². The maximum absolute atomic E-state index is 12.6. The number of benzene rings is 1. The Balaban J connectivity index is 1.96. The maximum Gasteiger partial charge on any atom is 0.319 e. The van der Waals surface area contributed by atoms with Gasteiger partial charge < -0.3 is 24.8 Å². The van der Waals surface area contributed by atoms with Gasteiger partial charge in [0.05, 0.1) is 27.0 Å². The van der Waals surface area contributed by atoms with Crippen molar-refractivity contribution in [3.8, 4) is 17.2 Å². The van der Waals surface area contributed by atoms with Crippen molar-refractivity contribution in [1.29, 1.82) is 0 Å². The van der Waals surface area contributed by atoms with Crippen LogP contribution in [0.5, 0.6) is 17.2 Å². The molecule has 0 aromatic heterocycles. The average Bonchev–Trinajstić information content (AvgIpc) is 2.69. The summed E-state index contributed by atoms with van der Waals surface area (Å²) < 4.78 is 16.0. The fourth-order valence-corrected chi connectivity index (χ4v) is 3.81. The highest BCUT2D eigenvalue weighted by atomic mass is 16.5. The van der Waals surface area contributed by atoms with Crippen LogP contribution in [-0.4, -0.2) is 33.4 Å². The van der Waals surface area contributed by atoms with E-state index in [0.717, 1.165) is 12.8 Å². The van der Waals surface area contributed by atoms with Crippen LogP contribution < -0.4 is 24.8 Å². The van der Waals surface area contributed by atoms with E-state index in [1.807, 2.05) is 0 Å². The molecule has 0 radical (unpaired) electrons. The van der Waals surface area contributed by atoms with Gasteiger partial charge in [-0.1, -0.05) is 57.8 Å². The van der Waals surface area contributed by atoms with Gasteiger partial charge in [0.1, 0.15) is 0 Å². The van der Waals surface area contributed by atoms with E-state index in [1.54, 1.807) is 33.5 Å². The summed E-state index contributed by atoms with van der Waals surface area (Å²) in [6, 6.07) is 3.51. The van der Waals surface area contributed by atoms with E-state index in [2.05, 4.69) is 10.6 Å². The number of hydrogen-bond acceptors (Lipinski definition) is 4. The van der Waals surface area contributed by atoms with Crippen LogP contribution >= 0.6 is 0 Å². The molecule has 0 aliphatic heterocycles. The normalized spacial score (nSPS) is 17.0. The number of anilines is 1. The van der Waals surface area contributed by atoms with Crippen molar-refractivity contribution in [3.05, 3.63) is 12.1 Å². The Labute approximate surface area is 169 Å². The average molecular weight is 393 g/mol. The van der Waals surface area contributed by atoms with E-state index in [9.17, 15) is 4.79 Å². The highest BCUT2D eigenvalue weighted by molar-refractivity contribution is 5.90. The van der Waals surface area contributed by atoms with E-state index < -0.39 is 0 Å². The van der Waals surface area contributed by atoms with Crippen LogP contribution in [-0.2, 0) is 0 Å². The van der Waals surface area contributed by atoms with Gasteiger partial charge in [0.25, 0.3) is 0 Å². The monoisotopic (exact) mass is 392 g/mol. The lowest BCUT2D eigenvalue weighted by atomic mass is 9.98. The van der Waals surface area contributed by atoms with Crippen molar-refractivity contribution in [3.63, 3.8) is 0 Å². The Morgan fingerprint density at radius 1 is 0.786 bits per heavy atom. The number of ether oxygens (including phenoxy) is 3. The minimum absolute atomic E-state index is 0.189. The molecule has 1 aromatic rings. The predicted octanol–water partition coefficient (Wildman–Crippen LogP) is 5.51. The van der Waals surface area contributed by atoms with E-state index in [0.29, 0.717) is 22.9 Å². The van der Waals surface area contributed by atoms with Crippen LogP contribution in [0, 0.1) is 0 Å². The molecule has 1 aliphatic rings. The number of urea groups is 1. The van der Waals surface area contributed by atoms with E-state index >= 15 is 0 Å². The van der Waals surface area contributed by atoms with Crippen molar-refractivity contribution >= 4 is 11.7 Å². The van der Waals surface area contributed by atoms with Gasteiger partial charge in [-0.05, 0) is 12.8 Å². The molecule has 1 fully saturated rings. The van der Waals surface area contributed by atoms with Crippen molar-refractivity contribution in [2.45, 2.75) is 76.7 Å². The second kappa shape index (κ2) is 12.4. The number of hydrogen-bond donors (Lipinski definition) is 2. The molecule has 0 saturated heterocycles. The lowest BCUT2D eigenvalue weighted by Gasteiger charge is -2.20. The van der Waals surface area contributed by atoms with E-state index in [-0.39, 0.29) is 12.1 Å². The Morgan fingerprint density at radius 2 is 1.25 bits per heavy atom. The van der Waals surface area contributed by atoms with Crippen LogP contribution in [0.4, 0.5) is 10.5 Å². The highest BCUT2D eigenvalue weighted by Crippen LogP contribution is 2.39. The van der Waals surface area contributed by atoms with E-state index in [1.165, 1.54) is 57.8 Å². The molecule has 6 nitrogen and oxygen atoms in total. The molecule has 0 atom stereocenters. The first-order valence-electron chi connectivity index (χ1n) is 10.6. The topological polar surface area (TPSA) is 68.8 Å². The van der Waals surface area contributed by atoms with Crippen LogP contribution in [0.2, 0.25) is 0 Å².